The molecular formula is C24H43NO3S. The van der Waals surface area contributed by atoms with Crippen molar-refractivity contribution >= 4 is 23.6 Å². The Bertz CT molecular complexity index is 481. The van der Waals surface area contributed by atoms with Gasteiger partial charge in [-0.05, 0) is 25.0 Å². The lowest BCUT2D eigenvalue weighted by Gasteiger charge is -2.16. The van der Waals surface area contributed by atoms with Gasteiger partial charge in [0.2, 0.25) is 5.91 Å². The summed E-state index contributed by atoms with van der Waals surface area (Å²) in [6, 6.07) is 0. The number of unbranched alkanes of at least 4 members (excludes halogenated alkanes) is 12. The van der Waals surface area contributed by atoms with Crippen LogP contribution in [-0.2, 0) is 9.59 Å². The van der Waals surface area contributed by atoms with E-state index >= 15 is 0 Å². The average Bonchev–Trinajstić information content (AvgIpc) is 2.95. The van der Waals surface area contributed by atoms with Crippen molar-refractivity contribution in [2.75, 3.05) is 12.3 Å². The van der Waals surface area contributed by atoms with Crippen LogP contribution in [0.1, 0.15) is 110 Å². The summed E-state index contributed by atoms with van der Waals surface area (Å²) in [4.78, 5) is 24.6. The third-order valence-electron chi connectivity index (χ3n) is 5.65. The fourth-order valence-corrected chi connectivity index (χ4v) is 5.15. The Morgan fingerprint density at radius 1 is 0.966 bits per heavy atom. The molecule has 0 aromatic heterocycles. The third-order valence-corrected chi connectivity index (χ3v) is 6.94. The zero-order valence-electron chi connectivity index (χ0n) is 18.6. The van der Waals surface area contributed by atoms with Gasteiger partial charge in [0, 0.05) is 25.1 Å². The Balaban J connectivity index is 1.82. The highest BCUT2D eigenvalue weighted by molar-refractivity contribution is 8.00. The lowest BCUT2D eigenvalue weighted by atomic mass is 10.0. The molecule has 0 radical (unpaired) electrons. The van der Waals surface area contributed by atoms with Crippen LogP contribution in [0.25, 0.3) is 0 Å². The molecule has 1 rings (SSSR count). The maximum absolute atomic E-state index is 12.3. The van der Waals surface area contributed by atoms with Crippen LogP contribution in [0.4, 0.5) is 0 Å². The number of carboxylic acids is 1. The van der Waals surface area contributed by atoms with E-state index in [1.54, 1.807) is 0 Å². The molecule has 1 atom stereocenters. The van der Waals surface area contributed by atoms with Crippen LogP contribution in [0.5, 0.6) is 0 Å². The Labute approximate surface area is 182 Å². The van der Waals surface area contributed by atoms with Gasteiger partial charge >= 0.3 is 5.97 Å². The van der Waals surface area contributed by atoms with Gasteiger partial charge in [0.25, 0.3) is 0 Å². The fraction of sp³-hybridized carbons (Fsp3) is 0.833. The van der Waals surface area contributed by atoms with Crippen molar-refractivity contribution in [1.29, 1.82) is 0 Å². The summed E-state index contributed by atoms with van der Waals surface area (Å²) in [7, 11) is 0. The van der Waals surface area contributed by atoms with Crippen LogP contribution < -0.4 is 0 Å². The standard InChI is InChI=1S/C24H43NO3S/c1-3-18-25-21(2)20-22(24(25)28)29-19-16-14-12-10-8-6-4-5-7-9-11-13-15-17-23(26)27/h22H,2-20H2,1H3,(H,26,27). The van der Waals surface area contributed by atoms with Gasteiger partial charge in [-0.15, -0.1) is 11.8 Å². The second kappa shape index (κ2) is 16.8. The number of carbonyl (C=O) groups is 2. The predicted octanol–water partition coefficient (Wildman–Crippen LogP) is 6.79. The molecule has 29 heavy (non-hydrogen) atoms. The third kappa shape index (κ3) is 12.3. The van der Waals surface area contributed by atoms with Gasteiger partial charge in [-0.1, -0.05) is 84.1 Å². The van der Waals surface area contributed by atoms with Gasteiger partial charge in [0.05, 0.1) is 5.25 Å². The van der Waals surface area contributed by atoms with Crippen LogP contribution in [-0.4, -0.2) is 39.4 Å². The number of hydrogen-bond acceptors (Lipinski definition) is 3. The normalized spacial score (nSPS) is 16.7. The molecule has 0 bridgehead atoms. The molecule has 4 nitrogen and oxygen atoms in total. The number of nitrogens with zero attached hydrogens (tertiary/aromatic N) is 1. The summed E-state index contributed by atoms with van der Waals surface area (Å²) in [6.07, 6.45) is 18.3. The summed E-state index contributed by atoms with van der Waals surface area (Å²) in [5.41, 5.74) is 1.01. The number of rotatable bonds is 19. The Morgan fingerprint density at radius 3 is 1.93 bits per heavy atom. The lowest BCUT2D eigenvalue weighted by molar-refractivity contribution is -0.137. The predicted molar refractivity (Wildman–Crippen MR) is 124 cm³/mol. The molecule has 0 aliphatic carbocycles. The van der Waals surface area contributed by atoms with Crippen molar-refractivity contribution in [3.63, 3.8) is 0 Å². The molecular weight excluding hydrogens is 382 g/mol. The molecule has 5 heteroatoms. The first kappa shape index (κ1) is 26.1. The van der Waals surface area contributed by atoms with Gasteiger partial charge in [0.1, 0.15) is 0 Å². The van der Waals surface area contributed by atoms with Gasteiger partial charge in [0.15, 0.2) is 0 Å². The molecule has 1 N–H and O–H groups in total. The van der Waals surface area contributed by atoms with Gasteiger partial charge < -0.3 is 10.0 Å². The van der Waals surface area contributed by atoms with E-state index in [0.717, 1.165) is 43.7 Å². The monoisotopic (exact) mass is 425 g/mol. The molecule has 1 fully saturated rings. The zero-order chi connectivity index (χ0) is 21.3. The quantitative estimate of drug-likeness (QED) is 0.231. The molecule has 0 spiro atoms. The number of hydrogen-bond donors (Lipinski definition) is 1. The van der Waals surface area contributed by atoms with E-state index < -0.39 is 5.97 Å². The molecule has 0 saturated carbocycles. The number of aliphatic carboxylic acids is 1. The van der Waals surface area contributed by atoms with E-state index in [9.17, 15) is 9.59 Å². The zero-order valence-corrected chi connectivity index (χ0v) is 19.4. The number of carboxylic acid groups (broad SMARTS) is 1. The van der Waals surface area contributed by atoms with E-state index in [1.165, 1.54) is 70.6 Å². The summed E-state index contributed by atoms with van der Waals surface area (Å²) in [6.45, 7) is 6.98. The summed E-state index contributed by atoms with van der Waals surface area (Å²) < 4.78 is 0. The van der Waals surface area contributed by atoms with Crippen molar-refractivity contribution in [2.45, 2.75) is 115 Å². The molecule has 0 aromatic rings. The Morgan fingerprint density at radius 2 is 1.45 bits per heavy atom. The smallest absolute Gasteiger partial charge is 0.303 e. The van der Waals surface area contributed by atoms with Gasteiger partial charge in [-0.25, -0.2) is 0 Å². The summed E-state index contributed by atoms with van der Waals surface area (Å²) >= 11 is 1.83. The van der Waals surface area contributed by atoms with Gasteiger partial charge in [-0.3, -0.25) is 9.59 Å². The molecule has 0 aromatic carbocycles. The summed E-state index contributed by atoms with van der Waals surface area (Å²) in [5, 5.41) is 8.70. The first-order valence-corrected chi connectivity index (χ1v) is 12.9. The van der Waals surface area contributed by atoms with E-state index in [4.69, 9.17) is 5.11 Å². The minimum Gasteiger partial charge on any atom is -0.481 e. The number of likely N-dealkylation sites (tertiary alicyclic amines) is 1. The number of allylic oxidation sites excluding steroid dienone is 1. The molecule has 1 unspecified atom stereocenters. The SMILES string of the molecule is C=C1CC(SCCCCCCCCCCCCCCCC(=O)O)C(=O)N1CCC. The van der Waals surface area contributed by atoms with E-state index in [1.807, 2.05) is 16.7 Å². The topological polar surface area (TPSA) is 57.6 Å². The second-order valence-corrected chi connectivity index (χ2v) is 9.67. The van der Waals surface area contributed by atoms with Gasteiger partial charge in [-0.2, -0.15) is 0 Å². The number of amides is 1. The molecule has 1 heterocycles. The minimum absolute atomic E-state index is 0.117. The van der Waals surface area contributed by atoms with Crippen molar-refractivity contribution in [3.8, 4) is 0 Å². The molecule has 1 aliphatic rings. The maximum atomic E-state index is 12.3. The first-order valence-electron chi connectivity index (χ1n) is 11.9. The largest absolute Gasteiger partial charge is 0.481 e. The van der Waals surface area contributed by atoms with Crippen molar-refractivity contribution in [3.05, 3.63) is 12.3 Å². The van der Waals surface area contributed by atoms with E-state index in [-0.39, 0.29) is 11.2 Å². The van der Waals surface area contributed by atoms with Crippen molar-refractivity contribution in [1.82, 2.24) is 4.90 Å². The number of carbonyl (C=O) groups excluding carboxylic acids is 1. The average molecular weight is 426 g/mol. The van der Waals surface area contributed by atoms with E-state index in [0.29, 0.717) is 6.42 Å². The molecule has 1 aliphatic heterocycles. The summed E-state index contributed by atoms with van der Waals surface area (Å²) in [5.74, 6) is 0.704. The van der Waals surface area contributed by atoms with Crippen LogP contribution in [0.3, 0.4) is 0 Å². The highest BCUT2D eigenvalue weighted by Gasteiger charge is 2.33. The Hall–Kier alpha value is -0.970. The van der Waals surface area contributed by atoms with Crippen LogP contribution in [0, 0.1) is 0 Å². The molecule has 1 amide bonds. The first-order chi connectivity index (χ1) is 14.1. The second-order valence-electron chi connectivity index (χ2n) is 8.36. The lowest BCUT2D eigenvalue weighted by Crippen LogP contribution is -2.28. The number of thioether (sulfide) groups is 1. The highest BCUT2D eigenvalue weighted by atomic mass is 32.2. The van der Waals surface area contributed by atoms with Crippen molar-refractivity contribution in [2.24, 2.45) is 0 Å². The van der Waals surface area contributed by atoms with Crippen LogP contribution in [0.15, 0.2) is 12.3 Å². The molecule has 1 saturated heterocycles. The molecule has 168 valence electrons. The van der Waals surface area contributed by atoms with Crippen LogP contribution >= 0.6 is 11.8 Å². The van der Waals surface area contributed by atoms with Crippen LogP contribution in [0.2, 0.25) is 0 Å². The Kier molecular flexibility index (Phi) is 15.1. The van der Waals surface area contributed by atoms with Crippen molar-refractivity contribution < 1.29 is 14.7 Å². The minimum atomic E-state index is -0.669. The fourth-order valence-electron chi connectivity index (χ4n) is 3.91. The van der Waals surface area contributed by atoms with E-state index in [2.05, 4.69) is 13.5 Å². The maximum Gasteiger partial charge on any atom is 0.303 e. The highest BCUT2D eigenvalue weighted by Crippen LogP contribution is 2.31.